The van der Waals surface area contributed by atoms with Crippen molar-refractivity contribution in [3.8, 4) is 5.75 Å². The largest absolute Gasteiger partial charge is 0.484 e. The molecule has 0 N–H and O–H groups in total. The van der Waals surface area contributed by atoms with E-state index in [0.717, 1.165) is 0 Å². The van der Waals surface area contributed by atoms with Gasteiger partial charge in [-0.1, -0.05) is 29.8 Å². The van der Waals surface area contributed by atoms with E-state index in [9.17, 15) is 22.0 Å². The molecule has 0 spiro atoms. The first-order valence-electron chi connectivity index (χ1n) is 6.62. The van der Waals surface area contributed by atoms with Crippen LogP contribution in [-0.2, 0) is 0 Å². The van der Waals surface area contributed by atoms with Gasteiger partial charge in [0.2, 0.25) is 29.1 Å². The van der Waals surface area contributed by atoms with E-state index in [1.54, 1.807) is 0 Å². The van der Waals surface area contributed by atoms with Crippen molar-refractivity contribution < 1.29 is 26.7 Å². The van der Waals surface area contributed by atoms with Gasteiger partial charge in [-0.2, -0.15) is 8.78 Å². The topological polar surface area (TPSA) is 9.23 Å². The number of hydrogen-bond acceptors (Lipinski definition) is 1. The summed E-state index contributed by atoms with van der Waals surface area (Å²) in [7, 11) is 0. The standard InChI is InChI=1S/C14H14BrF5O/c1-3-14(4-2)6(15)5-7(14)21-13-11(19)9(17)8(16)10(18)12(13)20/h6-7H,3-5H2,1-2H3. The summed E-state index contributed by atoms with van der Waals surface area (Å²) in [6.45, 7) is 3.79. The molecule has 0 aromatic heterocycles. The highest BCUT2D eigenvalue weighted by Crippen LogP contribution is 2.53. The molecule has 1 aliphatic carbocycles. The molecular formula is C14H14BrF5O. The second kappa shape index (κ2) is 5.74. The first-order chi connectivity index (χ1) is 9.80. The van der Waals surface area contributed by atoms with Crippen molar-refractivity contribution in [3.63, 3.8) is 0 Å². The summed E-state index contributed by atoms with van der Waals surface area (Å²) in [5.41, 5.74) is -0.375. The molecule has 7 heteroatoms. The quantitative estimate of drug-likeness (QED) is 0.309. The average molecular weight is 373 g/mol. The molecule has 0 heterocycles. The summed E-state index contributed by atoms with van der Waals surface area (Å²) in [5.74, 6) is -11.2. The van der Waals surface area contributed by atoms with Crippen LogP contribution in [0.15, 0.2) is 0 Å². The Bertz CT molecular complexity index is 530. The van der Waals surface area contributed by atoms with Crippen LogP contribution in [0.4, 0.5) is 22.0 Å². The van der Waals surface area contributed by atoms with E-state index in [2.05, 4.69) is 15.9 Å². The Hall–Kier alpha value is -0.850. The molecule has 1 aromatic carbocycles. The molecule has 118 valence electrons. The van der Waals surface area contributed by atoms with Crippen LogP contribution in [0.3, 0.4) is 0 Å². The fourth-order valence-electron chi connectivity index (χ4n) is 2.84. The number of ether oxygens (including phenoxy) is 1. The monoisotopic (exact) mass is 372 g/mol. The number of benzene rings is 1. The van der Waals surface area contributed by atoms with Gasteiger partial charge in [-0.15, -0.1) is 0 Å². The van der Waals surface area contributed by atoms with Crippen LogP contribution in [0.5, 0.6) is 5.75 Å². The van der Waals surface area contributed by atoms with Crippen LogP contribution in [0.2, 0.25) is 0 Å². The fraction of sp³-hybridized carbons (Fsp3) is 0.571. The van der Waals surface area contributed by atoms with Gasteiger partial charge in [0.25, 0.3) is 0 Å². The second-order valence-electron chi connectivity index (χ2n) is 5.15. The minimum Gasteiger partial charge on any atom is -0.484 e. The van der Waals surface area contributed by atoms with Gasteiger partial charge < -0.3 is 4.74 Å². The Morgan fingerprint density at radius 3 is 1.76 bits per heavy atom. The van der Waals surface area contributed by atoms with Gasteiger partial charge in [0.1, 0.15) is 6.10 Å². The smallest absolute Gasteiger partial charge is 0.207 e. The van der Waals surface area contributed by atoms with Crippen LogP contribution in [-0.4, -0.2) is 10.9 Å². The predicted octanol–water partition coefficient (Wildman–Crippen LogP) is 5.10. The first-order valence-corrected chi connectivity index (χ1v) is 7.53. The third-order valence-electron chi connectivity index (χ3n) is 4.43. The molecule has 2 unspecified atom stereocenters. The molecule has 2 rings (SSSR count). The van der Waals surface area contributed by atoms with Crippen molar-refractivity contribution in [2.24, 2.45) is 5.41 Å². The highest BCUT2D eigenvalue weighted by molar-refractivity contribution is 9.09. The van der Waals surface area contributed by atoms with Crippen molar-refractivity contribution in [3.05, 3.63) is 29.1 Å². The minimum absolute atomic E-state index is 0.0891. The summed E-state index contributed by atoms with van der Waals surface area (Å²) in [5, 5.41) is 0. The van der Waals surface area contributed by atoms with E-state index in [0.29, 0.717) is 19.3 Å². The third-order valence-corrected chi connectivity index (χ3v) is 5.72. The van der Waals surface area contributed by atoms with Crippen LogP contribution >= 0.6 is 15.9 Å². The molecule has 1 saturated carbocycles. The van der Waals surface area contributed by atoms with E-state index in [4.69, 9.17) is 4.74 Å². The molecule has 1 fully saturated rings. The lowest BCUT2D eigenvalue weighted by Crippen LogP contribution is -2.56. The lowest BCUT2D eigenvalue weighted by Gasteiger charge is -2.52. The molecular weight excluding hydrogens is 359 g/mol. The third kappa shape index (κ3) is 2.33. The van der Waals surface area contributed by atoms with E-state index in [1.807, 2.05) is 13.8 Å². The van der Waals surface area contributed by atoms with Gasteiger partial charge in [-0.25, -0.2) is 13.2 Å². The lowest BCUT2D eigenvalue weighted by molar-refractivity contribution is -0.0458. The Morgan fingerprint density at radius 2 is 1.38 bits per heavy atom. The molecule has 0 amide bonds. The van der Waals surface area contributed by atoms with Crippen molar-refractivity contribution >= 4 is 15.9 Å². The van der Waals surface area contributed by atoms with E-state index in [-0.39, 0.29) is 10.2 Å². The molecule has 1 aliphatic rings. The average Bonchev–Trinajstić information content (AvgIpc) is 2.47. The van der Waals surface area contributed by atoms with Gasteiger partial charge in [-0.3, -0.25) is 0 Å². The van der Waals surface area contributed by atoms with Gasteiger partial charge in [-0.05, 0) is 19.3 Å². The summed E-state index contributed by atoms with van der Waals surface area (Å²) in [6, 6.07) is 0. The normalized spacial score (nSPS) is 23.8. The molecule has 0 saturated heterocycles. The molecule has 1 aromatic rings. The number of rotatable bonds is 4. The number of hydrogen-bond donors (Lipinski definition) is 0. The highest BCUT2D eigenvalue weighted by atomic mass is 79.9. The van der Waals surface area contributed by atoms with E-state index < -0.39 is 40.9 Å². The van der Waals surface area contributed by atoms with Crippen LogP contribution < -0.4 is 4.74 Å². The van der Waals surface area contributed by atoms with Gasteiger partial charge in [0.15, 0.2) is 5.75 Å². The fourth-order valence-corrected chi connectivity index (χ4v) is 4.12. The van der Waals surface area contributed by atoms with Crippen molar-refractivity contribution in [2.75, 3.05) is 0 Å². The Balaban J connectivity index is 2.38. The minimum atomic E-state index is -2.18. The zero-order valence-corrected chi connectivity index (χ0v) is 13.0. The summed E-state index contributed by atoms with van der Waals surface area (Å²) >= 11 is 3.46. The number of alkyl halides is 1. The second-order valence-corrected chi connectivity index (χ2v) is 6.25. The zero-order chi connectivity index (χ0) is 15.9. The van der Waals surface area contributed by atoms with Crippen LogP contribution in [0.25, 0.3) is 0 Å². The van der Waals surface area contributed by atoms with Gasteiger partial charge >= 0.3 is 0 Å². The predicted molar refractivity (Wildman–Crippen MR) is 71.0 cm³/mol. The maximum atomic E-state index is 13.6. The van der Waals surface area contributed by atoms with Crippen molar-refractivity contribution in [1.82, 2.24) is 0 Å². The van der Waals surface area contributed by atoms with E-state index in [1.165, 1.54) is 0 Å². The number of halogens is 6. The van der Waals surface area contributed by atoms with Crippen molar-refractivity contribution in [1.29, 1.82) is 0 Å². The molecule has 2 atom stereocenters. The molecule has 1 nitrogen and oxygen atoms in total. The summed E-state index contributed by atoms with van der Waals surface area (Å²) in [6.07, 6.45) is 1.19. The molecule has 0 bridgehead atoms. The van der Waals surface area contributed by atoms with Crippen LogP contribution in [0, 0.1) is 34.5 Å². The van der Waals surface area contributed by atoms with Gasteiger partial charge in [0.05, 0.1) is 0 Å². The highest BCUT2D eigenvalue weighted by Gasteiger charge is 2.53. The Kier molecular flexibility index (Phi) is 4.52. The Labute approximate surface area is 127 Å². The zero-order valence-electron chi connectivity index (χ0n) is 11.5. The van der Waals surface area contributed by atoms with E-state index >= 15 is 0 Å². The first kappa shape index (κ1) is 16.5. The molecule has 21 heavy (non-hydrogen) atoms. The summed E-state index contributed by atoms with van der Waals surface area (Å²) < 4.78 is 71.7. The van der Waals surface area contributed by atoms with Gasteiger partial charge in [0, 0.05) is 10.2 Å². The molecule has 0 aliphatic heterocycles. The van der Waals surface area contributed by atoms with Crippen LogP contribution in [0.1, 0.15) is 33.1 Å². The SMILES string of the molecule is CCC1(CC)C(Br)CC1Oc1c(F)c(F)c(F)c(F)c1F. The maximum Gasteiger partial charge on any atom is 0.207 e. The Morgan fingerprint density at radius 1 is 0.952 bits per heavy atom. The maximum absolute atomic E-state index is 13.6. The lowest BCUT2D eigenvalue weighted by atomic mass is 9.62. The van der Waals surface area contributed by atoms with Crippen molar-refractivity contribution in [2.45, 2.75) is 44.0 Å². The molecule has 0 radical (unpaired) electrons. The summed E-state index contributed by atoms with van der Waals surface area (Å²) in [4.78, 5) is 0.0891.